The highest BCUT2D eigenvalue weighted by Crippen LogP contribution is 2.41. The van der Waals surface area contributed by atoms with E-state index in [-0.39, 0.29) is 0 Å². The minimum atomic E-state index is 0.469. The van der Waals surface area contributed by atoms with E-state index in [2.05, 4.69) is 53.6 Å². The minimum Gasteiger partial charge on any atom is -0.456 e. The molecule has 0 aromatic heterocycles. The van der Waals surface area contributed by atoms with Gasteiger partial charge in [-0.15, -0.1) is 11.8 Å². The van der Waals surface area contributed by atoms with E-state index in [4.69, 9.17) is 9.83 Å². The Hall–Kier alpha value is -2.72. The molecular weight excluding hydrogens is 376 g/mol. The Bertz CT molecular complexity index is 1190. The molecule has 1 aliphatic carbocycles. The van der Waals surface area contributed by atoms with Crippen molar-refractivity contribution in [1.82, 2.24) is 0 Å². The van der Waals surface area contributed by atoms with Gasteiger partial charge in [-0.1, -0.05) is 12.1 Å². The normalized spacial score (nSPS) is 14.6. The Morgan fingerprint density at radius 1 is 0.897 bits per heavy atom. The lowest BCUT2D eigenvalue weighted by atomic mass is 9.93. The van der Waals surface area contributed by atoms with Gasteiger partial charge in [-0.25, -0.2) is 0 Å². The minimum absolute atomic E-state index is 0.469. The zero-order valence-corrected chi connectivity index (χ0v) is 17.4. The average Bonchev–Trinajstić information content (AvgIpc) is 2.77. The summed E-state index contributed by atoms with van der Waals surface area (Å²) in [5, 5.41) is 9.63. The fourth-order valence-corrected chi connectivity index (χ4v) is 4.70. The van der Waals surface area contributed by atoms with Gasteiger partial charge in [-0.2, -0.15) is 0 Å². The lowest BCUT2D eigenvalue weighted by molar-refractivity contribution is 0.576. The second-order valence-electron chi connectivity index (χ2n) is 7.64. The summed E-state index contributed by atoms with van der Waals surface area (Å²) in [4.78, 5) is 3.71. The topological polar surface area (TPSA) is 40.2 Å². The third kappa shape index (κ3) is 3.42. The maximum atomic E-state index is 8.04. The van der Waals surface area contributed by atoms with E-state index in [1.807, 2.05) is 18.2 Å². The first kappa shape index (κ1) is 18.3. The van der Waals surface area contributed by atoms with Gasteiger partial charge in [-0.3, -0.25) is 0 Å². The van der Waals surface area contributed by atoms with Gasteiger partial charge in [0.15, 0.2) is 0 Å². The summed E-state index contributed by atoms with van der Waals surface area (Å²) in [6, 6.07) is 21.0. The fraction of sp³-hybridized carbons (Fsp3) is 0.240. The van der Waals surface area contributed by atoms with Gasteiger partial charge in [0.25, 0.3) is 0 Å². The quantitative estimate of drug-likeness (QED) is 0.320. The highest BCUT2D eigenvalue weighted by atomic mass is 32.2. The van der Waals surface area contributed by atoms with E-state index < -0.39 is 0 Å². The molecule has 0 radical (unpaired) electrons. The summed E-state index contributed by atoms with van der Waals surface area (Å²) in [6.07, 6.45) is 5.92. The lowest BCUT2D eigenvalue weighted by Crippen LogP contribution is -2.29. The maximum Gasteiger partial charge on any atom is 0.137 e. The van der Waals surface area contributed by atoms with Crippen LogP contribution in [0.2, 0.25) is 0 Å². The molecule has 2 aromatic carbocycles. The van der Waals surface area contributed by atoms with Crippen molar-refractivity contribution in [1.29, 1.82) is 5.41 Å². The van der Waals surface area contributed by atoms with Crippen molar-refractivity contribution in [2.75, 3.05) is 24.2 Å². The zero-order valence-electron chi connectivity index (χ0n) is 16.6. The fourth-order valence-electron chi connectivity index (χ4n) is 4.30. The first-order valence-corrected chi connectivity index (χ1v) is 11.4. The van der Waals surface area contributed by atoms with Crippen LogP contribution >= 0.6 is 11.8 Å². The van der Waals surface area contributed by atoms with Crippen LogP contribution in [0.25, 0.3) is 33.4 Å². The first-order chi connectivity index (χ1) is 14.2. The molecule has 1 N–H and O–H groups in total. The molecule has 2 heterocycles. The van der Waals surface area contributed by atoms with Gasteiger partial charge in [0.05, 0.1) is 5.36 Å². The largest absolute Gasteiger partial charge is 0.456 e. The van der Waals surface area contributed by atoms with Gasteiger partial charge in [0, 0.05) is 52.3 Å². The number of nitrogens with one attached hydrogen (secondary N) is 1. The van der Waals surface area contributed by atoms with Crippen LogP contribution in [0.3, 0.4) is 0 Å². The summed E-state index contributed by atoms with van der Waals surface area (Å²) in [6.45, 7) is 2.22. The zero-order chi connectivity index (χ0) is 19.8. The van der Waals surface area contributed by atoms with Gasteiger partial charge >= 0.3 is 0 Å². The number of benzene rings is 3. The predicted octanol–water partition coefficient (Wildman–Crippen LogP) is 6.40. The standard InChI is InChI=1S/C25H24N2OS/c1-29-20-9-5-17(6-10-20)25-21-11-7-18(26)15-23(21)28-24-16-19(8-12-22(24)25)27-13-3-2-4-14-27/h5-12,15-16,26H,2-4,13-14H2,1H3. The number of anilines is 1. The third-order valence-corrected chi connectivity index (χ3v) is 6.55. The van der Waals surface area contributed by atoms with E-state index in [1.54, 1.807) is 11.8 Å². The molecule has 0 amide bonds. The van der Waals surface area contributed by atoms with Crippen LogP contribution in [0.4, 0.5) is 5.69 Å². The Morgan fingerprint density at radius 3 is 2.45 bits per heavy atom. The van der Waals surface area contributed by atoms with E-state index in [9.17, 15) is 0 Å². The van der Waals surface area contributed by atoms with E-state index in [0.717, 1.165) is 35.4 Å². The number of hydrogen-bond acceptors (Lipinski definition) is 4. The SMILES string of the molecule is CSc1ccc(-c2c3ccc(=N)cc-3oc3cc(N4CCCCC4)ccc23)cc1. The molecule has 1 fully saturated rings. The molecule has 2 aliphatic heterocycles. The van der Waals surface area contributed by atoms with E-state index in [1.165, 1.54) is 41.0 Å². The molecule has 3 aliphatic rings. The van der Waals surface area contributed by atoms with Crippen LogP contribution < -0.4 is 10.3 Å². The molecule has 2 aromatic rings. The maximum absolute atomic E-state index is 8.04. The second kappa shape index (κ2) is 7.60. The lowest BCUT2D eigenvalue weighted by Gasteiger charge is -2.29. The monoisotopic (exact) mass is 400 g/mol. The van der Waals surface area contributed by atoms with Crippen LogP contribution in [0, 0.1) is 5.41 Å². The number of piperidine rings is 1. The van der Waals surface area contributed by atoms with Crippen molar-refractivity contribution in [2.45, 2.75) is 24.2 Å². The highest BCUT2D eigenvalue weighted by Gasteiger charge is 2.18. The number of fused-ring (bicyclic) bond motifs is 2. The Kier molecular flexibility index (Phi) is 4.80. The van der Waals surface area contributed by atoms with Crippen LogP contribution in [-0.2, 0) is 0 Å². The molecule has 0 spiro atoms. The predicted molar refractivity (Wildman–Crippen MR) is 122 cm³/mol. The number of rotatable bonds is 3. The second-order valence-corrected chi connectivity index (χ2v) is 8.52. The molecule has 0 atom stereocenters. The van der Waals surface area contributed by atoms with E-state index in [0.29, 0.717) is 5.36 Å². The summed E-state index contributed by atoms with van der Waals surface area (Å²) >= 11 is 1.75. The number of hydrogen-bond donors (Lipinski definition) is 1. The third-order valence-electron chi connectivity index (χ3n) is 5.81. The Labute approximate surface area is 175 Å². The van der Waals surface area contributed by atoms with Crippen LogP contribution in [0.1, 0.15) is 19.3 Å². The molecule has 146 valence electrons. The highest BCUT2D eigenvalue weighted by molar-refractivity contribution is 7.98. The Morgan fingerprint density at radius 2 is 1.69 bits per heavy atom. The molecule has 29 heavy (non-hydrogen) atoms. The molecule has 3 nitrogen and oxygen atoms in total. The molecule has 1 saturated heterocycles. The summed E-state index contributed by atoms with van der Waals surface area (Å²) in [7, 11) is 0. The smallest absolute Gasteiger partial charge is 0.137 e. The van der Waals surface area contributed by atoms with Gasteiger partial charge in [-0.05, 0) is 67.5 Å². The molecule has 5 rings (SSSR count). The van der Waals surface area contributed by atoms with Crippen molar-refractivity contribution < 1.29 is 4.42 Å². The summed E-state index contributed by atoms with van der Waals surface area (Å²) in [5.41, 5.74) is 5.52. The summed E-state index contributed by atoms with van der Waals surface area (Å²) in [5.74, 6) is 0.768. The number of nitrogens with zero attached hydrogens (tertiary/aromatic N) is 1. The van der Waals surface area contributed by atoms with Crippen molar-refractivity contribution in [2.24, 2.45) is 0 Å². The number of thioether (sulfide) groups is 1. The van der Waals surface area contributed by atoms with Crippen LogP contribution in [0.15, 0.2) is 70.0 Å². The summed E-state index contributed by atoms with van der Waals surface area (Å²) < 4.78 is 6.31. The van der Waals surface area contributed by atoms with Gasteiger partial charge < -0.3 is 14.7 Å². The Balaban J connectivity index is 1.74. The molecular formula is C25H24N2OS. The molecule has 0 bridgehead atoms. The molecule has 4 heteroatoms. The molecule has 0 saturated carbocycles. The van der Waals surface area contributed by atoms with Gasteiger partial charge in [0.1, 0.15) is 11.3 Å². The van der Waals surface area contributed by atoms with Crippen molar-refractivity contribution in [3.8, 4) is 22.5 Å². The van der Waals surface area contributed by atoms with Gasteiger partial charge in [0.2, 0.25) is 0 Å². The first-order valence-electron chi connectivity index (χ1n) is 10.2. The van der Waals surface area contributed by atoms with Crippen molar-refractivity contribution in [3.63, 3.8) is 0 Å². The van der Waals surface area contributed by atoms with Crippen molar-refractivity contribution in [3.05, 3.63) is 66.0 Å². The van der Waals surface area contributed by atoms with Crippen molar-refractivity contribution >= 4 is 28.4 Å². The average molecular weight is 401 g/mol. The van der Waals surface area contributed by atoms with E-state index >= 15 is 0 Å². The molecule has 0 unspecified atom stereocenters. The van der Waals surface area contributed by atoms with Crippen LogP contribution in [0.5, 0.6) is 0 Å². The van der Waals surface area contributed by atoms with Crippen LogP contribution in [-0.4, -0.2) is 19.3 Å².